The summed E-state index contributed by atoms with van der Waals surface area (Å²) in [6.45, 7) is 0.500. The molecule has 0 spiro atoms. The van der Waals surface area contributed by atoms with E-state index in [9.17, 15) is 8.68 Å². The summed E-state index contributed by atoms with van der Waals surface area (Å²) in [7, 11) is 1.87. The quantitative estimate of drug-likeness (QED) is 0.655. The highest BCUT2D eigenvalue weighted by Gasteiger charge is 2.25. The number of para-hydroxylation sites is 1. The summed E-state index contributed by atoms with van der Waals surface area (Å²) in [5, 5.41) is 2.63. The van der Waals surface area contributed by atoms with Gasteiger partial charge in [-0.2, -0.15) is 4.40 Å². The number of benzene rings is 1. The van der Waals surface area contributed by atoms with Crippen LogP contribution in [0.4, 0.5) is 15.3 Å². The first-order chi connectivity index (χ1) is 9.22. The van der Waals surface area contributed by atoms with Crippen LogP contribution in [0.2, 0.25) is 0 Å². The second-order valence-corrected chi connectivity index (χ2v) is 4.34. The fraction of sp³-hybridized carbons (Fsp3) is 0.167. The third kappa shape index (κ3) is 2.41. The number of fused-ring (bicyclic) bond motifs is 1. The van der Waals surface area contributed by atoms with Crippen LogP contribution in [0.1, 0.15) is 5.56 Å². The summed E-state index contributed by atoms with van der Waals surface area (Å²) in [4.78, 5) is 12.6. The molecule has 0 radical (unpaired) electrons. The van der Waals surface area contributed by atoms with Crippen molar-refractivity contribution in [1.82, 2.24) is 0 Å². The molecule has 0 aliphatic carbocycles. The van der Waals surface area contributed by atoms with Gasteiger partial charge in [-0.1, -0.05) is 12.1 Å². The zero-order valence-corrected chi connectivity index (χ0v) is 11.1. The van der Waals surface area contributed by atoms with Crippen LogP contribution in [0.5, 0.6) is 0 Å². The summed E-state index contributed by atoms with van der Waals surface area (Å²) in [5.41, 5.74) is 9.00. The van der Waals surface area contributed by atoms with Gasteiger partial charge in [-0.05, 0) is 6.07 Å². The van der Waals surface area contributed by atoms with Gasteiger partial charge in [-0.3, -0.25) is 4.79 Å². The number of nitrogens with one attached hydrogen (secondary N) is 1. The number of amides is 1. The van der Waals surface area contributed by atoms with Crippen molar-refractivity contribution in [3.05, 3.63) is 35.5 Å². The molecule has 0 atom stereocenters. The number of rotatable bonds is 3. The van der Waals surface area contributed by atoms with Crippen molar-refractivity contribution in [2.45, 2.75) is 0 Å². The van der Waals surface area contributed by atoms with Crippen LogP contribution in [0.3, 0.4) is 0 Å². The zero-order chi connectivity index (χ0) is 13.8. The summed E-state index contributed by atoms with van der Waals surface area (Å²) in [5.74, 6) is 0. The molecule has 19 heavy (non-hydrogen) atoms. The molecular formula is C12H13FN4OS. The van der Waals surface area contributed by atoms with Gasteiger partial charge in [-0.15, -0.1) is 3.89 Å². The van der Waals surface area contributed by atoms with Crippen molar-refractivity contribution in [3.8, 4) is 0 Å². The van der Waals surface area contributed by atoms with Gasteiger partial charge in [0, 0.05) is 30.9 Å². The molecule has 0 unspecified atom stereocenters. The van der Waals surface area contributed by atoms with Gasteiger partial charge in [0.05, 0.1) is 17.1 Å². The number of carbonyl (C=O) groups excluding carboxylic acids is 1. The van der Waals surface area contributed by atoms with E-state index in [0.29, 0.717) is 24.4 Å². The fourth-order valence-electron chi connectivity index (χ4n) is 2.18. The Balaban J connectivity index is 2.64. The van der Waals surface area contributed by atoms with E-state index in [-0.39, 0.29) is 12.3 Å². The van der Waals surface area contributed by atoms with Crippen molar-refractivity contribution in [1.29, 1.82) is 0 Å². The molecule has 0 fully saturated rings. The molecule has 1 aromatic rings. The van der Waals surface area contributed by atoms with Crippen molar-refractivity contribution >= 4 is 35.8 Å². The normalized spacial score (nSPS) is 18.5. The van der Waals surface area contributed by atoms with Gasteiger partial charge in [0.25, 0.3) is 0 Å². The Labute approximate surface area is 114 Å². The highest BCUT2D eigenvalue weighted by atomic mass is 32.2. The maximum absolute atomic E-state index is 12.5. The Morgan fingerprint density at radius 3 is 3.00 bits per heavy atom. The topological polar surface area (TPSA) is 70.7 Å². The standard InChI is InChI=1S/C12H13FN4OS/c1-17-6-8(5-14)11(16-19-13)9-3-2-4-10(12(9)17)15-7-18/h2-5,7H,6,14H2,1H3,(H,15,18)/b8-5-,16-11-. The van der Waals surface area contributed by atoms with Gasteiger partial charge in [0.1, 0.15) is 0 Å². The highest BCUT2D eigenvalue weighted by Crippen LogP contribution is 2.35. The molecule has 1 aliphatic rings. The molecule has 2 rings (SSSR count). The van der Waals surface area contributed by atoms with Crippen LogP contribution in [-0.4, -0.2) is 25.7 Å². The Morgan fingerprint density at radius 1 is 1.58 bits per heavy atom. The molecule has 0 aromatic heterocycles. The lowest BCUT2D eigenvalue weighted by Crippen LogP contribution is -2.32. The fourth-order valence-corrected chi connectivity index (χ4v) is 2.47. The van der Waals surface area contributed by atoms with E-state index in [1.807, 2.05) is 18.0 Å². The molecule has 0 saturated heterocycles. The molecule has 1 heterocycles. The second-order valence-electron chi connectivity index (χ2n) is 4.02. The first-order valence-corrected chi connectivity index (χ1v) is 6.22. The van der Waals surface area contributed by atoms with Gasteiger partial charge < -0.3 is 16.0 Å². The number of nitrogens with zero attached hydrogens (tertiary/aromatic N) is 2. The number of likely N-dealkylation sites (N-methyl/N-ethyl adjacent to an activating group) is 1. The molecule has 1 amide bonds. The van der Waals surface area contributed by atoms with Crippen molar-refractivity contribution < 1.29 is 8.68 Å². The summed E-state index contributed by atoms with van der Waals surface area (Å²) >= 11 is -0.106. The number of halogens is 1. The van der Waals surface area contributed by atoms with E-state index in [1.165, 1.54) is 6.20 Å². The van der Waals surface area contributed by atoms with E-state index < -0.39 is 0 Å². The van der Waals surface area contributed by atoms with Crippen molar-refractivity contribution in [3.63, 3.8) is 0 Å². The Morgan fingerprint density at radius 2 is 2.37 bits per heavy atom. The van der Waals surface area contributed by atoms with E-state index in [2.05, 4.69) is 9.71 Å². The third-order valence-electron chi connectivity index (χ3n) is 2.93. The molecule has 5 nitrogen and oxygen atoms in total. The number of hydrogen-bond acceptors (Lipinski definition) is 5. The van der Waals surface area contributed by atoms with Crippen LogP contribution in [0.25, 0.3) is 0 Å². The minimum Gasteiger partial charge on any atom is -0.404 e. The lowest BCUT2D eigenvalue weighted by Gasteiger charge is -2.31. The molecule has 3 N–H and O–H groups in total. The number of hydrogen-bond donors (Lipinski definition) is 2. The monoisotopic (exact) mass is 280 g/mol. The van der Waals surface area contributed by atoms with E-state index >= 15 is 0 Å². The second kappa shape index (κ2) is 5.75. The van der Waals surface area contributed by atoms with Gasteiger partial charge >= 0.3 is 0 Å². The first kappa shape index (κ1) is 13.4. The SMILES string of the molecule is CN1CC(=C/N)/C(=N/SF)c2cccc(NC=O)c21. The van der Waals surface area contributed by atoms with Crippen molar-refractivity contribution in [2.24, 2.45) is 10.1 Å². The number of carbonyl (C=O) groups is 1. The smallest absolute Gasteiger partial charge is 0.211 e. The van der Waals surface area contributed by atoms with Gasteiger partial charge in [0.2, 0.25) is 6.41 Å². The van der Waals surface area contributed by atoms with E-state index in [0.717, 1.165) is 16.8 Å². The molecule has 100 valence electrons. The Kier molecular flexibility index (Phi) is 4.06. The number of nitrogens with two attached hydrogens (primary N) is 1. The van der Waals surface area contributed by atoms with Crippen LogP contribution < -0.4 is 16.0 Å². The predicted molar refractivity (Wildman–Crippen MR) is 76.9 cm³/mol. The highest BCUT2D eigenvalue weighted by molar-refractivity contribution is 7.93. The largest absolute Gasteiger partial charge is 0.404 e. The van der Waals surface area contributed by atoms with Crippen LogP contribution in [0.15, 0.2) is 34.4 Å². The lowest BCUT2D eigenvalue weighted by atomic mass is 9.95. The lowest BCUT2D eigenvalue weighted by molar-refractivity contribution is -0.105. The third-order valence-corrected chi connectivity index (χ3v) is 3.18. The zero-order valence-electron chi connectivity index (χ0n) is 10.3. The Hall–Kier alpha value is -2.02. The van der Waals surface area contributed by atoms with Crippen LogP contribution in [-0.2, 0) is 4.79 Å². The van der Waals surface area contributed by atoms with Crippen molar-refractivity contribution in [2.75, 3.05) is 23.8 Å². The molecule has 0 saturated carbocycles. The predicted octanol–water partition coefficient (Wildman–Crippen LogP) is 1.87. The Bertz CT molecular complexity index is 559. The van der Waals surface area contributed by atoms with E-state index in [1.54, 1.807) is 12.1 Å². The van der Waals surface area contributed by atoms with Crippen LogP contribution in [0, 0.1) is 0 Å². The average Bonchev–Trinajstić information content (AvgIpc) is 2.42. The van der Waals surface area contributed by atoms with Crippen LogP contribution >= 0.6 is 12.3 Å². The average molecular weight is 280 g/mol. The number of anilines is 2. The summed E-state index contributed by atoms with van der Waals surface area (Å²) in [6, 6.07) is 5.37. The van der Waals surface area contributed by atoms with Gasteiger partial charge in [0.15, 0.2) is 12.3 Å². The van der Waals surface area contributed by atoms with Gasteiger partial charge in [-0.25, -0.2) is 0 Å². The molecular weight excluding hydrogens is 267 g/mol. The minimum absolute atomic E-state index is 0.106. The van der Waals surface area contributed by atoms with E-state index in [4.69, 9.17) is 5.73 Å². The molecule has 1 aliphatic heterocycles. The summed E-state index contributed by atoms with van der Waals surface area (Å²) in [6.07, 6.45) is 2.03. The maximum atomic E-state index is 12.5. The summed E-state index contributed by atoms with van der Waals surface area (Å²) < 4.78 is 16.3. The molecule has 0 bridgehead atoms. The maximum Gasteiger partial charge on any atom is 0.211 e. The first-order valence-electron chi connectivity index (χ1n) is 5.54. The minimum atomic E-state index is -0.106. The molecule has 1 aromatic carbocycles. The molecule has 7 heteroatoms.